The molecular formula is C7H9N3. The highest BCUT2D eigenvalue weighted by Crippen LogP contribution is 2.09. The fraction of sp³-hybridized carbons (Fsp3) is 0.286. The molecule has 3 nitrogen and oxygen atoms in total. The van der Waals surface area contributed by atoms with Crippen molar-refractivity contribution in [3.8, 4) is 6.07 Å². The lowest BCUT2D eigenvalue weighted by Crippen LogP contribution is -2.09. The van der Waals surface area contributed by atoms with E-state index >= 15 is 0 Å². The monoisotopic (exact) mass is 135 g/mol. The van der Waals surface area contributed by atoms with Crippen LogP contribution in [0.25, 0.3) is 0 Å². The Hall–Kier alpha value is -1.27. The smallest absolute Gasteiger partial charge is 0.0642 e. The molecule has 52 valence electrons. The second kappa shape index (κ2) is 3.04. The molecule has 0 saturated carbocycles. The Bertz CT molecular complexity index is 219. The zero-order valence-corrected chi connectivity index (χ0v) is 5.54. The third-order valence-electron chi connectivity index (χ3n) is 1.33. The van der Waals surface area contributed by atoms with Crippen LogP contribution in [0.1, 0.15) is 18.2 Å². The predicted octanol–water partition coefficient (Wildman–Crippen LogP) is 0.928. The van der Waals surface area contributed by atoms with Gasteiger partial charge in [-0.2, -0.15) is 5.26 Å². The van der Waals surface area contributed by atoms with Gasteiger partial charge in [0.2, 0.25) is 0 Å². The first kappa shape index (κ1) is 6.84. The first-order chi connectivity index (χ1) is 4.84. The Labute approximate surface area is 59.5 Å². The molecule has 0 aliphatic heterocycles. The fourth-order valence-electron chi connectivity index (χ4n) is 0.783. The Balaban J connectivity index is 2.61. The van der Waals surface area contributed by atoms with Gasteiger partial charge in [0.25, 0.3) is 0 Å². The molecule has 0 bridgehead atoms. The quantitative estimate of drug-likeness (QED) is 0.633. The van der Waals surface area contributed by atoms with Gasteiger partial charge in [-0.3, -0.25) is 0 Å². The van der Waals surface area contributed by atoms with E-state index in [4.69, 9.17) is 11.0 Å². The normalized spacial score (nSPS) is 12.4. The van der Waals surface area contributed by atoms with Crippen LogP contribution in [0.3, 0.4) is 0 Å². The summed E-state index contributed by atoms with van der Waals surface area (Å²) in [6, 6.07) is 5.59. The van der Waals surface area contributed by atoms with Crippen LogP contribution in [0, 0.1) is 11.3 Å². The van der Waals surface area contributed by atoms with Gasteiger partial charge in [0, 0.05) is 11.9 Å². The molecule has 0 fully saturated rings. The number of rotatable bonds is 2. The highest BCUT2D eigenvalue weighted by atomic mass is 14.8. The van der Waals surface area contributed by atoms with Crippen molar-refractivity contribution in [2.24, 2.45) is 5.73 Å². The second-order valence-electron chi connectivity index (χ2n) is 2.09. The minimum atomic E-state index is -0.167. The Morgan fingerprint density at radius 3 is 3.10 bits per heavy atom. The van der Waals surface area contributed by atoms with Crippen LogP contribution < -0.4 is 5.73 Å². The molecule has 0 radical (unpaired) electrons. The van der Waals surface area contributed by atoms with Gasteiger partial charge in [0.15, 0.2) is 0 Å². The standard InChI is InChI=1S/C7H9N3/c8-4-3-6(9)7-2-1-5-10-7/h1-2,5-6,10H,3,9H2/t6-/m1/s1. The van der Waals surface area contributed by atoms with Gasteiger partial charge < -0.3 is 10.7 Å². The molecule has 1 atom stereocenters. The summed E-state index contributed by atoms with van der Waals surface area (Å²) in [5, 5.41) is 8.29. The maximum absolute atomic E-state index is 8.29. The third kappa shape index (κ3) is 1.36. The molecule has 0 unspecified atom stereocenters. The van der Waals surface area contributed by atoms with E-state index < -0.39 is 0 Å². The number of H-pyrrole nitrogens is 1. The van der Waals surface area contributed by atoms with Crippen molar-refractivity contribution in [2.45, 2.75) is 12.5 Å². The zero-order chi connectivity index (χ0) is 7.40. The SMILES string of the molecule is N#CC[C@@H](N)c1ccc[nH]1. The van der Waals surface area contributed by atoms with Crippen molar-refractivity contribution >= 4 is 0 Å². The highest BCUT2D eigenvalue weighted by Gasteiger charge is 2.03. The third-order valence-corrected chi connectivity index (χ3v) is 1.33. The predicted molar refractivity (Wildman–Crippen MR) is 38.0 cm³/mol. The molecule has 1 heterocycles. The van der Waals surface area contributed by atoms with Gasteiger partial charge >= 0.3 is 0 Å². The molecule has 0 aromatic carbocycles. The van der Waals surface area contributed by atoms with Crippen LogP contribution in [-0.4, -0.2) is 4.98 Å². The maximum atomic E-state index is 8.29. The van der Waals surface area contributed by atoms with Gasteiger partial charge in [-0.1, -0.05) is 0 Å². The number of aromatic amines is 1. The molecule has 0 aliphatic rings. The maximum Gasteiger partial charge on any atom is 0.0642 e. The van der Waals surface area contributed by atoms with Crippen molar-refractivity contribution in [1.82, 2.24) is 4.98 Å². The summed E-state index contributed by atoms with van der Waals surface area (Å²) in [5.41, 5.74) is 6.51. The minimum Gasteiger partial charge on any atom is -0.364 e. The van der Waals surface area contributed by atoms with E-state index in [-0.39, 0.29) is 6.04 Å². The van der Waals surface area contributed by atoms with Crippen molar-refractivity contribution in [3.05, 3.63) is 24.0 Å². The van der Waals surface area contributed by atoms with E-state index in [2.05, 4.69) is 4.98 Å². The van der Waals surface area contributed by atoms with Gasteiger partial charge in [-0.15, -0.1) is 0 Å². The topological polar surface area (TPSA) is 65.6 Å². The van der Waals surface area contributed by atoms with Crippen molar-refractivity contribution in [1.29, 1.82) is 5.26 Å². The number of nitrogens with two attached hydrogens (primary N) is 1. The van der Waals surface area contributed by atoms with E-state index in [1.165, 1.54) is 0 Å². The lowest BCUT2D eigenvalue weighted by molar-refractivity contribution is 0.726. The largest absolute Gasteiger partial charge is 0.364 e. The lowest BCUT2D eigenvalue weighted by atomic mass is 10.2. The van der Waals surface area contributed by atoms with E-state index in [1.807, 2.05) is 18.2 Å². The number of hydrogen-bond acceptors (Lipinski definition) is 2. The summed E-state index contributed by atoms with van der Waals surface area (Å²) in [4.78, 5) is 2.95. The molecular weight excluding hydrogens is 126 g/mol. The molecule has 3 heteroatoms. The Morgan fingerprint density at radius 2 is 2.60 bits per heavy atom. The van der Waals surface area contributed by atoms with Crippen LogP contribution in [0.4, 0.5) is 0 Å². The average Bonchev–Trinajstić information content (AvgIpc) is 2.38. The zero-order valence-electron chi connectivity index (χ0n) is 5.54. The average molecular weight is 135 g/mol. The van der Waals surface area contributed by atoms with Gasteiger partial charge in [0.1, 0.15) is 0 Å². The Morgan fingerprint density at radius 1 is 1.80 bits per heavy atom. The summed E-state index contributed by atoms with van der Waals surface area (Å²) in [6.07, 6.45) is 2.16. The van der Waals surface area contributed by atoms with Crippen LogP contribution in [0.5, 0.6) is 0 Å². The number of nitrogens with zero attached hydrogens (tertiary/aromatic N) is 1. The van der Waals surface area contributed by atoms with Crippen LogP contribution in [0.2, 0.25) is 0 Å². The molecule has 1 aromatic heterocycles. The summed E-state index contributed by atoms with van der Waals surface area (Å²) in [6.45, 7) is 0. The van der Waals surface area contributed by atoms with Gasteiger partial charge in [-0.05, 0) is 12.1 Å². The Kier molecular flexibility index (Phi) is 2.08. The van der Waals surface area contributed by atoms with Crippen molar-refractivity contribution in [2.75, 3.05) is 0 Å². The molecule has 0 aliphatic carbocycles. The van der Waals surface area contributed by atoms with E-state index in [1.54, 1.807) is 6.20 Å². The van der Waals surface area contributed by atoms with E-state index in [0.29, 0.717) is 6.42 Å². The molecule has 3 N–H and O–H groups in total. The minimum absolute atomic E-state index is 0.167. The molecule has 1 aromatic rings. The van der Waals surface area contributed by atoms with E-state index in [9.17, 15) is 0 Å². The summed E-state index contributed by atoms with van der Waals surface area (Å²) in [5.74, 6) is 0. The first-order valence-corrected chi connectivity index (χ1v) is 3.10. The second-order valence-corrected chi connectivity index (χ2v) is 2.09. The molecule has 0 saturated heterocycles. The van der Waals surface area contributed by atoms with Crippen molar-refractivity contribution < 1.29 is 0 Å². The summed E-state index contributed by atoms with van der Waals surface area (Å²) >= 11 is 0. The lowest BCUT2D eigenvalue weighted by Gasteiger charge is -2.02. The molecule has 0 spiro atoms. The van der Waals surface area contributed by atoms with Crippen LogP contribution in [0.15, 0.2) is 18.3 Å². The van der Waals surface area contributed by atoms with Crippen LogP contribution >= 0.6 is 0 Å². The molecule has 10 heavy (non-hydrogen) atoms. The fourth-order valence-corrected chi connectivity index (χ4v) is 0.783. The van der Waals surface area contributed by atoms with Gasteiger partial charge in [-0.25, -0.2) is 0 Å². The molecule has 1 rings (SSSR count). The van der Waals surface area contributed by atoms with Gasteiger partial charge in [0.05, 0.1) is 18.5 Å². The number of hydrogen-bond donors (Lipinski definition) is 2. The molecule has 0 amide bonds. The number of nitriles is 1. The number of nitrogens with one attached hydrogen (secondary N) is 1. The number of aromatic nitrogens is 1. The van der Waals surface area contributed by atoms with E-state index in [0.717, 1.165) is 5.69 Å². The van der Waals surface area contributed by atoms with Crippen LogP contribution in [-0.2, 0) is 0 Å². The van der Waals surface area contributed by atoms with Crippen molar-refractivity contribution in [3.63, 3.8) is 0 Å². The summed E-state index contributed by atoms with van der Waals surface area (Å²) in [7, 11) is 0. The highest BCUT2D eigenvalue weighted by molar-refractivity contribution is 5.09. The summed E-state index contributed by atoms with van der Waals surface area (Å²) < 4.78 is 0. The first-order valence-electron chi connectivity index (χ1n) is 3.10.